The fraction of sp³-hybridized carbons (Fsp3) is 0.217. The summed E-state index contributed by atoms with van der Waals surface area (Å²) < 4.78 is 5.44. The molecule has 0 fully saturated rings. The molecule has 0 unspecified atom stereocenters. The van der Waals surface area contributed by atoms with E-state index in [-0.39, 0.29) is 24.0 Å². The second kappa shape index (κ2) is 8.18. The van der Waals surface area contributed by atoms with Crippen LogP contribution in [0.15, 0.2) is 54.6 Å². The van der Waals surface area contributed by atoms with E-state index in [9.17, 15) is 14.4 Å². The molecule has 1 heterocycles. The summed E-state index contributed by atoms with van der Waals surface area (Å²) in [6, 6.07) is 17.3. The molecule has 32 heavy (non-hydrogen) atoms. The first-order chi connectivity index (χ1) is 15.3. The first-order valence-corrected chi connectivity index (χ1v) is 9.99. The highest BCUT2D eigenvalue weighted by atomic mass is 16.5. The third kappa shape index (κ3) is 4.04. The summed E-state index contributed by atoms with van der Waals surface area (Å²) in [5.74, 6) is -1.83. The second-order valence-corrected chi connectivity index (χ2v) is 8.00. The van der Waals surface area contributed by atoms with Gasteiger partial charge in [0.1, 0.15) is 17.8 Å². The zero-order valence-electron chi connectivity index (χ0n) is 17.5. The van der Waals surface area contributed by atoms with Gasteiger partial charge in [-0.15, -0.1) is 0 Å². The van der Waals surface area contributed by atoms with Gasteiger partial charge in [-0.1, -0.05) is 48.5 Å². The molecule has 2 aromatic carbocycles. The van der Waals surface area contributed by atoms with E-state index in [1.54, 1.807) is 0 Å². The van der Waals surface area contributed by atoms with Crippen LogP contribution in [0.25, 0.3) is 11.1 Å². The Balaban J connectivity index is 1.39. The monoisotopic (exact) mass is 434 g/mol. The summed E-state index contributed by atoms with van der Waals surface area (Å²) in [4.78, 5) is 35.7. The van der Waals surface area contributed by atoms with Crippen LogP contribution < -0.4 is 10.6 Å². The van der Waals surface area contributed by atoms with Crippen molar-refractivity contribution in [2.45, 2.75) is 25.3 Å². The van der Waals surface area contributed by atoms with E-state index < -0.39 is 23.5 Å². The number of nitrogens with one attached hydrogen (secondary N) is 3. The smallest absolute Gasteiger partial charge is 0.412 e. The quantitative estimate of drug-likeness (QED) is 0.470. The average molecular weight is 434 g/mol. The minimum atomic E-state index is -1.46. The lowest BCUT2D eigenvalue weighted by Gasteiger charge is -2.20. The zero-order valence-corrected chi connectivity index (χ0v) is 17.5. The molecule has 9 nitrogen and oxygen atoms in total. The van der Waals surface area contributed by atoms with E-state index >= 15 is 0 Å². The van der Waals surface area contributed by atoms with E-state index in [4.69, 9.17) is 9.84 Å². The molecule has 0 aliphatic heterocycles. The number of anilines is 1. The first kappa shape index (κ1) is 21.1. The molecule has 4 N–H and O–H groups in total. The molecule has 0 radical (unpaired) electrons. The average Bonchev–Trinajstić information content (AvgIpc) is 3.35. The number of ether oxygens (including phenoxy) is 1. The van der Waals surface area contributed by atoms with Crippen LogP contribution in [0, 0.1) is 0 Å². The van der Waals surface area contributed by atoms with Crippen LogP contribution in [0.2, 0.25) is 0 Å². The maximum atomic E-state index is 12.3. The van der Waals surface area contributed by atoms with Gasteiger partial charge in [0.15, 0.2) is 5.82 Å². The summed E-state index contributed by atoms with van der Waals surface area (Å²) in [5, 5.41) is 20.3. The lowest BCUT2D eigenvalue weighted by Crippen LogP contribution is -2.49. The zero-order chi connectivity index (χ0) is 22.9. The number of fused-ring (bicyclic) bond motifs is 3. The fourth-order valence-corrected chi connectivity index (χ4v) is 3.65. The summed E-state index contributed by atoms with van der Waals surface area (Å²) >= 11 is 0. The van der Waals surface area contributed by atoms with Crippen LogP contribution >= 0.6 is 0 Å². The number of amides is 2. The van der Waals surface area contributed by atoms with Crippen molar-refractivity contribution in [1.82, 2.24) is 15.5 Å². The molecule has 164 valence electrons. The van der Waals surface area contributed by atoms with Crippen LogP contribution in [-0.2, 0) is 9.53 Å². The Morgan fingerprint density at radius 3 is 2.25 bits per heavy atom. The van der Waals surface area contributed by atoms with Gasteiger partial charge in [-0.3, -0.25) is 15.2 Å². The molecular formula is C23H22N4O5. The molecule has 0 bridgehead atoms. The molecular weight excluding hydrogens is 412 g/mol. The van der Waals surface area contributed by atoms with Crippen LogP contribution in [0.4, 0.5) is 10.6 Å². The van der Waals surface area contributed by atoms with Crippen molar-refractivity contribution in [2.24, 2.45) is 0 Å². The first-order valence-electron chi connectivity index (χ1n) is 9.99. The summed E-state index contributed by atoms with van der Waals surface area (Å²) in [6.45, 7) is 2.86. The normalized spacial score (nSPS) is 12.6. The highest BCUT2D eigenvalue weighted by molar-refractivity contribution is 5.97. The third-order valence-corrected chi connectivity index (χ3v) is 5.36. The number of benzene rings is 2. The Morgan fingerprint density at radius 1 is 1.06 bits per heavy atom. The maximum absolute atomic E-state index is 12.3. The molecule has 4 rings (SSSR count). The number of hydrogen-bond donors (Lipinski definition) is 4. The van der Waals surface area contributed by atoms with E-state index in [2.05, 4.69) is 33.0 Å². The highest BCUT2D eigenvalue weighted by Crippen LogP contribution is 2.44. The molecule has 0 saturated heterocycles. The molecule has 3 aromatic rings. The van der Waals surface area contributed by atoms with Gasteiger partial charge in [0.25, 0.3) is 5.91 Å². The fourth-order valence-electron chi connectivity index (χ4n) is 3.65. The molecule has 0 atom stereocenters. The van der Waals surface area contributed by atoms with E-state index in [1.807, 2.05) is 36.4 Å². The Bertz CT molecular complexity index is 1150. The number of carboxylic acid groups (broad SMARTS) is 1. The Kier molecular flexibility index (Phi) is 5.40. The molecule has 1 aromatic heterocycles. The van der Waals surface area contributed by atoms with Gasteiger partial charge in [0.2, 0.25) is 0 Å². The lowest BCUT2D eigenvalue weighted by atomic mass is 9.98. The maximum Gasteiger partial charge on any atom is 0.412 e. The standard InChI is InChI=1S/C23H22N4O5/c1-23(2,21(29)30)25-20(28)18-11-19(27-26-18)24-22(31)32-12-17-15-9-5-3-7-13(15)14-8-4-6-10-16(14)17/h3-11,17H,12H2,1-2H3,(H,25,28)(H,29,30)(H2,24,26,27,31). The largest absolute Gasteiger partial charge is 0.480 e. The van der Waals surface area contributed by atoms with E-state index in [0.717, 1.165) is 22.3 Å². The number of hydrogen-bond acceptors (Lipinski definition) is 5. The SMILES string of the molecule is CC(C)(NC(=O)c1cc(NC(=O)OCC2c3ccccc3-c3ccccc32)n[nH]1)C(=O)O. The molecule has 2 amide bonds. The Labute approximate surface area is 183 Å². The predicted octanol–water partition coefficient (Wildman–Crippen LogP) is 3.36. The number of carbonyl (C=O) groups is 3. The van der Waals surface area contributed by atoms with Crippen LogP contribution in [-0.4, -0.2) is 45.4 Å². The van der Waals surface area contributed by atoms with Crippen molar-refractivity contribution >= 4 is 23.8 Å². The molecule has 1 aliphatic carbocycles. The Hall–Kier alpha value is -4.14. The Morgan fingerprint density at radius 2 is 1.66 bits per heavy atom. The molecule has 0 saturated carbocycles. The highest BCUT2D eigenvalue weighted by Gasteiger charge is 2.31. The summed E-state index contributed by atoms with van der Waals surface area (Å²) in [5.41, 5.74) is 3.01. The number of carboxylic acids is 1. The van der Waals surface area contributed by atoms with E-state index in [0.29, 0.717) is 0 Å². The van der Waals surface area contributed by atoms with Gasteiger partial charge in [-0.25, -0.2) is 9.59 Å². The van der Waals surface area contributed by atoms with Crippen molar-refractivity contribution in [2.75, 3.05) is 11.9 Å². The van der Waals surface area contributed by atoms with Crippen LogP contribution in [0.5, 0.6) is 0 Å². The van der Waals surface area contributed by atoms with Gasteiger partial charge in [-0.05, 0) is 36.1 Å². The number of carbonyl (C=O) groups excluding carboxylic acids is 2. The predicted molar refractivity (Wildman–Crippen MR) is 116 cm³/mol. The number of aliphatic carboxylic acids is 1. The molecule has 0 spiro atoms. The van der Waals surface area contributed by atoms with Gasteiger partial charge in [0, 0.05) is 12.0 Å². The third-order valence-electron chi connectivity index (χ3n) is 5.36. The lowest BCUT2D eigenvalue weighted by molar-refractivity contribution is -0.143. The van der Waals surface area contributed by atoms with Crippen molar-refractivity contribution in [3.05, 3.63) is 71.4 Å². The van der Waals surface area contributed by atoms with E-state index in [1.165, 1.54) is 19.9 Å². The van der Waals surface area contributed by atoms with Crippen LogP contribution in [0.1, 0.15) is 41.4 Å². The van der Waals surface area contributed by atoms with Gasteiger partial charge < -0.3 is 15.2 Å². The van der Waals surface area contributed by atoms with Gasteiger partial charge in [0.05, 0.1) is 0 Å². The second-order valence-electron chi connectivity index (χ2n) is 8.00. The number of aromatic amines is 1. The number of H-pyrrole nitrogens is 1. The number of nitrogens with zero attached hydrogens (tertiary/aromatic N) is 1. The van der Waals surface area contributed by atoms with Crippen molar-refractivity contribution in [1.29, 1.82) is 0 Å². The van der Waals surface area contributed by atoms with Gasteiger partial charge >= 0.3 is 12.1 Å². The number of rotatable bonds is 6. The van der Waals surface area contributed by atoms with Crippen molar-refractivity contribution in [3.63, 3.8) is 0 Å². The summed E-state index contributed by atoms with van der Waals surface area (Å²) in [7, 11) is 0. The topological polar surface area (TPSA) is 133 Å². The molecule has 9 heteroatoms. The summed E-state index contributed by atoms with van der Waals surface area (Å²) in [6.07, 6.45) is -0.712. The van der Waals surface area contributed by atoms with Crippen LogP contribution in [0.3, 0.4) is 0 Å². The van der Waals surface area contributed by atoms with Gasteiger partial charge in [-0.2, -0.15) is 5.10 Å². The molecule has 1 aliphatic rings. The minimum Gasteiger partial charge on any atom is -0.480 e. The van der Waals surface area contributed by atoms with Crippen molar-refractivity contribution < 1.29 is 24.2 Å². The minimum absolute atomic E-state index is 0.00766. The van der Waals surface area contributed by atoms with Crippen molar-refractivity contribution in [3.8, 4) is 11.1 Å². The number of aromatic nitrogens is 2.